The summed E-state index contributed by atoms with van der Waals surface area (Å²) in [6, 6.07) is 15.7. The molecule has 0 spiro atoms. The lowest BCUT2D eigenvalue weighted by Gasteiger charge is -2.18. The fourth-order valence-electron chi connectivity index (χ4n) is 2.74. The number of benzene rings is 2. The van der Waals surface area contributed by atoms with Crippen molar-refractivity contribution in [2.45, 2.75) is 12.5 Å². The summed E-state index contributed by atoms with van der Waals surface area (Å²) in [5.74, 6) is -1.75. The smallest absolute Gasteiger partial charge is 0.379 e. The predicted octanol–water partition coefficient (Wildman–Crippen LogP) is 2.23. The molecule has 25 heavy (non-hydrogen) atoms. The van der Waals surface area contributed by atoms with E-state index in [1.165, 1.54) is 6.07 Å². The second kappa shape index (κ2) is 7.17. The number of hydrogen-bond acceptors (Lipinski definition) is 5. The molecule has 1 atom stereocenters. The molecule has 1 aliphatic heterocycles. The number of ketones is 1. The van der Waals surface area contributed by atoms with E-state index >= 15 is 0 Å². The molecule has 0 radical (unpaired) electrons. The summed E-state index contributed by atoms with van der Waals surface area (Å²) in [7, 11) is 1.14. The fourth-order valence-corrected chi connectivity index (χ4v) is 2.74. The van der Waals surface area contributed by atoms with E-state index in [9.17, 15) is 14.4 Å². The summed E-state index contributed by atoms with van der Waals surface area (Å²) in [6.07, 6.45) is -0.208. The van der Waals surface area contributed by atoms with Crippen LogP contribution in [0.15, 0.2) is 54.6 Å². The van der Waals surface area contributed by atoms with Crippen LogP contribution in [-0.2, 0) is 14.3 Å². The van der Waals surface area contributed by atoms with Gasteiger partial charge in [-0.25, -0.2) is 4.79 Å². The average molecular weight is 339 g/mol. The third-order valence-electron chi connectivity index (χ3n) is 4.00. The summed E-state index contributed by atoms with van der Waals surface area (Å²) in [6.45, 7) is 0.528. The molecule has 1 saturated heterocycles. The van der Waals surface area contributed by atoms with Gasteiger partial charge in [0.1, 0.15) is 5.75 Å². The third-order valence-corrected chi connectivity index (χ3v) is 4.00. The lowest BCUT2D eigenvalue weighted by molar-refractivity contribution is -0.135. The maximum atomic E-state index is 12.6. The highest BCUT2D eigenvalue weighted by molar-refractivity contribution is 6.41. The van der Waals surface area contributed by atoms with Crippen LogP contribution in [0.25, 0.3) is 0 Å². The summed E-state index contributed by atoms with van der Waals surface area (Å²) >= 11 is 0. The minimum Gasteiger partial charge on any atom is -0.480 e. The molecule has 6 nitrogen and oxygen atoms in total. The van der Waals surface area contributed by atoms with Crippen LogP contribution in [0.2, 0.25) is 0 Å². The Labute approximate surface area is 145 Å². The number of ether oxygens (including phenoxy) is 2. The molecule has 0 aromatic heterocycles. The zero-order valence-electron chi connectivity index (χ0n) is 13.7. The van der Waals surface area contributed by atoms with Gasteiger partial charge in [-0.1, -0.05) is 30.3 Å². The van der Waals surface area contributed by atoms with Gasteiger partial charge in [-0.05, 0) is 24.3 Å². The SMILES string of the molecule is COC(=O)C(=O)c1ccccc1OC1CCN(c2ccccc2)C1=O. The molecule has 1 aliphatic rings. The highest BCUT2D eigenvalue weighted by Crippen LogP contribution is 2.27. The van der Waals surface area contributed by atoms with Crippen LogP contribution in [0.5, 0.6) is 5.75 Å². The first kappa shape index (κ1) is 16.7. The van der Waals surface area contributed by atoms with E-state index in [1.807, 2.05) is 30.3 Å². The van der Waals surface area contributed by atoms with Gasteiger partial charge in [0.2, 0.25) is 0 Å². The quantitative estimate of drug-likeness (QED) is 0.474. The molecule has 3 rings (SSSR count). The van der Waals surface area contributed by atoms with Gasteiger partial charge in [-0.3, -0.25) is 9.59 Å². The molecular formula is C19H17NO5. The van der Waals surface area contributed by atoms with Gasteiger partial charge in [0.05, 0.1) is 12.7 Å². The van der Waals surface area contributed by atoms with Crippen molar-refractivity contribution in [3.63, 3.8) is 0 Å². The van der Waals surface area contributed by atoms with E-state index in [4.69, 9.17) is 4.74 Å². The van der Waals surface area contributed by atoms with E-state index in [0.29, 0.717) is 13.0 Å². The van der Waals surface area contributed by atoms with Gasteiger partial charge in [0, 0.05) is 18.7 Å². The number of rotatable bonds is 5. The number of methoxy groups -OCH3 is 1. The lowest BCUT2D eigenvalue weighted by atomic mass is 10.1. The molecule has 0 saturated carbocycles. The number of amides is 1. The standard InChI is InChI=1S/C19H17NO5/c1-24-19(23)17(21)14-9-5-6-10-15(14)25-16-11-12-20(18(16)22)13-7-3-2-4-8-13/h2-10,16H,11-12H2,1H3. The number of carbonyl (C=O) groups is 3. The van der Waals surface area contributed by atoms with Gasteiger partial charge < -0.3 is 14.4 Å². The normalized spacial score (nSPS) is 16.6. The first-order chi connectivity index (χ1) is 12.1. The third kappa shape index (κ3) is 3.38. The maximum Gasteiger partial charge on any atom is 0.379 e. The van der Waals surface area contributed by atoms with Gasteiger partial charge in [0.25, 0.3) is 11.7 Å². The van der Waals surface area contributed by atoms with E-state index in [1.54, 1.807) is 23.1 Å². The van der Waals surface area contributed by atoms with Crippen LogP contribution in [0.3, 0.4) is 0 Å². The minimum atomic E-state index is -0.972. The van der Waals surface area contributed by atoms with E-state index in [2.05, 4.69) is 4.74 Å². The van der Waals surface area contributed by atoms with Crippen molar-refractivity contribution in [3.05, 3.63) is 60.2 Å². The van der Waals surface area contributed by atoms with Gasteiger partial charge in [0.15, 0.2) is 6.10 Å². The lowest BCUT2D eigenvalue weighted by Crippen LogP contribution is -2.32. The number of esters is 1. The van der Waals surface area contributed by atoms with E-state index in [0.717, 1.165) is 12.8 Å². The van der Waals surface area contributed by atoms with Crippen LogP contribution in [-0.4, -0.2) is 37.4 Å². The summed E-state index contributed by atoms with van der Waals surface area (Å²) in [5.41, 5.74) is 0.887. The zero-order chi connectivity index (χ0) is 17.8. The van der Waals surface area contributed by atoms with Crippen LogP contribution in [0.1, 0.15) is 16.8 Å². The largest absolute Gasteiger partial charge is 0.480 e. The zero-order valence-corrected chi connectivity index (χ0v) is 13.7. The monoisotopic (exact) mass is 339 g/mol. The van der Waals surface area contributed by atoms with Gasteiger partial charge in [-0.2, -0.15) is 0 Å². The molecule has 1 unspecified atom stereocenters. The van der Waals surface area contributed by atoms with Crippen molar-refractivity contribution in [3.8, 4) is 5.75 Å². The number of hydrogen-bond donors (Lipinski definition) is 0. The number of anilines is 1. The molecule has 128 valence electrons. The molecule has 6 heteroatoms. The van der Waals surface area contributed by atoms with Crippen molar-refractivity contribution in [2.24, 2.45) is 0 Å². The first-order valence-corrected chi connectivity index (χ1v) is 7.86. The van der Waals surface area contributed by atoms with Crippen LogP contribution >= 0.6 is 0 Å². The highest BCUT2D eigenvalue weighted by Gasteiger charge is 2.35. The van der Waals surface area contributed by atoms with E-state index in [-0.39, 0.29) is 17.2 Å². The topological polar surface area (TPSA) is 72.9 Å². The van der Waals surface area contributed by atoms with Gasteiger partial charge in [-0.15, -0.1) is 0 Å². The Morgan fingerprint density at radius 1 is 1.04 bits per heavy atom. The minimum absolute atomic E-state index is 0.0836. The average Bonchev–Trinajstić information content (AvgIpc) is 3.02. The van der Waals surface area contributed by atoms with E-state index < -0.39 is 17.9 Å². The van der Waals surface area contributed by atoms with Crippen molar-refractivity contribution >= 4 is 23.3 Å². The van der Waals surface area contributed by atoms with Crippen LogP contribution in [0.4, 0.5) is 5.69 Å². The molecule has 0 aliphatic carbocycles. The number of nitrogens with zero attached hydrogens (tertiary/aromatic N) is 1. The Kier molecular flexibility index (Phi) is 4.79. The highest BCUT2D eigenvalue weighted by atomic mass is 16.5. The first-order valence-electron chi connectivity index (χ1n) is 7.86. The molecule has 1 amide bonds. The van der Waals surface area contributed by atoms with Crippen molar-refractivity contribution < 1.29 is 23.9 Å². The fraction of sp³-hybridized carbons (Fsp3) is 0.211. The molecule has 0 N–H and O–H groups in total. The molecular weight excluding hydrogens is 322 g/mol. The van der Waals surface area contributed by atoms with Crippen molar-refractivity contribution in [1.29, 1.82) is 0 Å². The Balaban J connectivity index is 1.79. The van der Waals surface area contributed by atoms with Crippen molar-refractivity contribution in [2.75, 3.05) is 18.6 Å². The number of carbonyl (C=O) groups excluding carboxylic acids is 3. The predicted molar refractivity (Wildman–Crippen MR) is 90.6 cm³/mol. The van der Waals surface area contributed by atoms with Crippen molar-refractivity contribution in [1.82, 2.24) is 0 Å². The van der Waals surface area contributed by atoms with Crippen LogP contribution < -0.4 is 9.64 Å². The van der Waals surface area contributed by atoms with Gasteiger partial charge >= 0.3 is 5.97 Å². The van der Waals surface area contributed by atoms with Crippen LogP contribution in [0, 0.1) is 0 Å². The molecule has 1 fully saturated rings. The summed E-state index contributed by atoms with van der Waals surface area (Å²) in [5, 5.41) is 0. The molecule has 1 heterocycles. The maximum absolute atomic E-state index is 12.6. The molecule has 2 aromatic rings. The second-order valence-corrected chi connectivity index (χ2v) is 5.54. The number of para-hydroxylation sites is 2. The Morgan fingerprint density at radius 2 is 1.72 bits per heavy atom. The Bertz CT molecular complexity index is 802. The Morgan fingerprint density at radius 3 is 2.44 bits per heavy atom. The second-order valence-electron chi connectivity index (χ2n) is 5.54. The summed E-state index contributed by atoms with van der Waals surface area (Å²) in [4.78, 5) is 37.8. The molecule has 0 bridgehead atoms. The molecule has 2 aromatic carbocycles. The number of Topliss-reactive ketones (excluding diaryl/α,β-unsaturated/α-hetero) is 1. The summed E-state index contributed by atoms with van der Waals surface area (Å²) < 4.78 is 10.2. The Hall–Kier alpha value is -3.15.